The predicted octanol–water partition coefficient (Wildman–Crippen LogP) is 14.1. The first-order valence-corrected chi connectivity index (χ1v) is 30.6. The van der Waals surface area contributed by atoms with E-state index >= 15 is 0 Å². The van der Waals surface area contributed by atoms with E-state index in [1.54, 1.807) is 0 Å². The number of hydrogen-bond acceptors (Lipinski definition) is 8. The first-order chi connectivity index (χ1) is 33.0. The molecule has 4 aliphatic rings. The van der Waals surface area contributed by atoms with Crippen molar-refractivity contribution >= 4 is 13.1 Å². The van der Waals surface area contributed by atoms with Crippen LogP contribution < -0.4 is 0 Å². The van der Waals surface area contributed by atoms with Gasteiger partial charge in [-0.05, 0) is 103 Å². The molecule has 8 unspecified atom stereocenters. The normalized spacial score (nSPS) is 24.3. The predicted molar refractivity (Wildman–Crippen MR) is 284 cm³/mol. The molecule has 392 valence electrons. The van der Waals surface area contributed by atoms with E-state index < -0.39 is 37.5 Å². The lowest BCUT2D eigenvalue weighted by molar-refractivity contribution is -0.195. The van der Waals surface area contributed by atoms with Crippen LogP contribution in [0.1, 0.15) is 237 Å². The molecule has 0 bridgehead atoms. The van der Waals surface area contributed by atoms with Crippen LogP contribution in [0.5, 0.6) is 0 Å². The van der Waals surface area contributed by atoms with Crippen LogP contribution in [0.4, 0.5) is 0 Å². The Kier molecular flexibility index (Phi) is 26.6. The molecule has 4 fully saturated rings. The van der Waals surface area contributed by atoms with Crippen molar-refractivity contribution in [2.75, 3.05) is 26.4 Å². The number of hydrogen-bond donors (Lipinski definition) is 0. The lowest BCUT2D eigenvalue weighted by Gasteiger charge is -2.36. The van der Waals surface area contributed by atoms with Crippen molar-refractivity contribution in [1.29, 1.82) is 0 Å². The van der Waals surface area contributed by atoms with Gasteiger partial charge in [-0.3, -0.25) is 0 Å². The minimum Gasteiger partial charge on any atom is -0.353 e. The molecule has 4 saturated heterocycles. The van der Waals surface area contributed by atoms with Gasteiger partial charge < -0.3 is 57.0 Å². The summed E-state index contributed by atoms with van der Waals surface area (Å²) >= 11 is -4.12. The average molecular weight is 976 g/mol. The van der Waals surface area contributed by atoms with Crippen molar-refractivity contribution in [1.82, 2.24) is 0 Å². The van der Waals surface area contributed by atoms with E-state index in [0.717, 1.165) is 154 Å². The van der Waals surface area contributed by atoms with Crippen LogP contribution in [0.2, 0.25) is 0 Å². The van der Waals surface area contributed by atoms with Crippen molar-refractivity contribution < 1.29 is 37.9 Å². The molecule has 0 amide bonds. The van der Waals surface area contributed by atoms with E-state index in [1.165, 1.54) is 0 Å². The Balaban J connectivity index is 2.09. The van der Waals surface area contributed by atoms with Gasteiger partial charge in [0, 0.05) is 48.1 Å². The molecule has 0 radical (unpaired) electrons. The van der Waals surface area contributed by atoms with E-state index in [9.17, 15) is 0 Å². The zero-order valence-corrected chi connectivity index (χ0v) is 47.4. The van der Waals surface area contributed by atoms with Crippen LogP contribution >= 0.6 is 0 Å². The number of unbranched alkanes of at least 4 members (excludes halogenated alkanes) is 4. The highest BCUT2D eigenvalue weighted by Gasteiger charge is 2.38. The fraction of sp³-hybridized carbons (Fsp3) is 0.867. The van der Waals surface area contributed by atoms with E-state index in [1.807, 2.05) is 0 Å². The average Bonchev–Trinajstić information content (AvgIpc) is 3.35. The third-order valence-corrected chi connectivity index (χ3v) is 17.4. The van der Waals surface area contributed by atoms with Crippen LogP contribution in [-0.2, 0) is 37.9 Å². The monoisotopic (exact) mass is 976 g/mol. The molecule has 0 spiro atoms. The van der Waals surface area contributed by atoms with E-state index in [2.05, 4.69) is 126 Å². The van der Waals surface area contributed by atoms with Crippen LogP contribution in [-0.4, -0.2) is 89.1 Å². The second-order valence-electron chi connectivity index (χ2n) is 23.6. The Hall–Kier alpha value is -1.55. The molecule has 69 heavy (non-hydrogen) atoms. The third kappa shape index (κ3) is 21.1. The standard InChI is InChI=1S/4C15H25O2.Al/c4*1-5-7-11-15(3,4)13(6-2)17-14-10-8-9-12-16-14;/h4*13-14H,5,7-12H2,1,3-4H3;/q;;;;-1. The summed E-state index contributed by atoms with van der Waals surface area (Å²) in [5, 5.41) is 0. The van der Waals surface area contributed by atoms with Gasteiger partial charge in [0.1, 0.15) is 24.4 Å². The Morgan fingerprint density at radius 1 is 0.377 bits per heavy atom. The molecule has 0 aromatic heterocycles. The van der Waals surface area contributed by atoms with E-state index in [0.29, 0.717) is 26.4 Å². The summed E-state index contributed by atoms with van der Waals surface area (Å²) in [6, 6.07) is 0. The first kappa shape index (κ1) is 60.0. The van der Waals surface area contributed by atoms with Crippen molar-refractivity contribution in [3.8, 4) is 42.8 Å². The summed E-state index contributed by atoms with van der Waals surface area (Å²) in [4.78, 5) is 15.7. The summed E-state index contributed by atoms with van der Waals surface area (Å²) < 4.78 is 53.0. The maximum absolute atomic E-state index is 6.99. The summed E-state index contributed by atoms with van der Waals surface area (Å²) in [7, 11) is 0. The van der Waals surface area contributed by atoms with Gasteiger partial charge in [-0.25, -0.2) is 0 Å². The summed E-state index contributed by atoms with van der Waals surface area (Å²) in [5.74, 6) is 15.2. The van der Waals surface area contributed by atoms with E-state index in [4.69, 9.17) is 37.9 Å². The molecule has 0 aromatic carbocycles. The van der Waals surface area contributed by atoms with Crippen LogP contribution in [0, 0.1) is 64.5 Å². The summed E-state index contributed by atoms with van der Waals surface area (Å²) in [5.41, 5.74) is -1.08. The number of ether oxygens (including phenoxy) is 8. The van der Waals surface area contributed by atoms with Crippen LogP contribution in [0.25, 0.3) is 0 Å². The molecule has 4 aliphatic heterocycles. The Bertz CT molecular complexity index is 1450. The molecule has 0 aliphatic carbocycles. The maximum Gasteiger partial charge on any atom is 0.485 e. The van der Waals surface area contributed by atoms with Gasteiger partial charge in [-0.2, -0.15) is 0 Å². The fourth-order valence-electron chi connectivity index (χ4n) is 9.61. The van der Waals surface area contributed by atoms with Gasteiger partial charge in [0.25, 0.3) is 0 Å². The molecule has 0 saturated carbocycles. The highest BCUT2D eigenvalue weighted by atomic mass is 27.2. The van der Waals surface area contributed by atoms with Gasteiger partial charge in [0.15, 0.2) is 25.2 Å². The van der Waals surface area contributed by atoms with Gasteiger partial charge >= 0.3 is 13.1 Å². The lowest BCUT2D eigenvalue weighted by atomic mass is 9.81. The molecule has 9 heteroatoms. The Morgan fingerprint density at radius 2 is 0.594 bits per heavy atom. The van der Waals surface area contributed by atoms with Crippen LogP contribution in [0.3, 0.4) is 0 Å². The largest absolute Gasteiger partial charge is 0.485 e. The molecule has 0 aromatic rings. The fourth-order valence-corrected chi connectivity index (χ4v) is 11.6. The van der Waals surface area contributed by atoms with Crippen LogP contribution in [0.15, 0.2) is 0 Å². The quantitative estimate of drug-likeness (QED) is 0.0700. The van der Waals surface area contributed by atoms with Gasteiger partial charge in [-0.15, -0.1) is 23.7 Å². The highest BCUT2D eigenvalue weighted by molar-refractivity contribution is 7.06. The summed E-state index contributed by atoms with van der Waals surface area (Å²) in [6.45, 7) is 30.1. The number of rotatable bonds is 24. The molecule has 8 nitrogen and oxygen atoms in total. The topological polar surface area (TPSA) is 73.8 Å². The van der Waals surface area contributed by atoms with Gasteiger partial charge in [0.2, 0.25) is 0 Å². The zero-order chi connectivity index (χ0) is 50.2. The third-order valence-electron chi connectivity index (χ3n) is 15.0. The molecule has 8 atom stereocenters. The van der Waals surface area contributed by atoms with Crippen molar-refractivity contribution in [3.05, 3.63) is 0 Å². The second-order valence-corrected chi connectivity index (χ2v) is 26.5. The van der Waals surface area contributed by atoms with Gasteiger partial charge in [-0.1, -0.05) is 134 Å². The first-order valence-electron chi connectivity index (χ1n) is 28.3. The maximum atomic E-state index is 6.99. The highest BCUT2D eigenvalue weighted by Crippen LogP contribution is 2.36. The lowest BCUT2D eigenvalue weighted by Crippen LogP contribution is -2.40. The minimum atomic E-state index is -4.12. The summed E-state index contributed by atoms with van der Waals surface area (Å²) in [6.07, 6.45) is 21.5. The smallest absolute Gasteiger partial charge is 0.353 e. The molecule has 4 rings (SSSR count). The molecular weight excluding hydrogens is 876 g/mol. The minimum absolute atomic E-state index is 0.271. The van der Waals surface area contributed by atoms with E-state index in [-0.39, 0.29) is 46.8 Å². The molecule has 4 heterocycles. The molecular formula is C60H100AlO8-. The second kappa shape index (κ2) is 30.6. The van der Waals surface area contributed by atoms with Crippen molar-refractivity contribution in [2.24, 2.45) is 21.7 Å². The SMILES string of the molecule is CCCCC(C)(C)C(C#[C][Al-]([C]#CC(OC1CCCCO1)C(C)(C)CCCC)([C]#CC(OC1CCCCO1)C(C)(C)CCCC)[C]#CC(OC1CCCCO1)C(C)(C)CCCC)OC1CCCCO1. The Labute approximate surface area is 426 Å². The Morgan fingerprint density at radius 3 is 0.768 bits per heavy atom. The van der Waals surface area contributed by atoms with Crippen molar-refractivity contribution in [3.63, 3.8) is 0 Å². The van der Waals surface area contributed by atoms with Crippen molar-refractivity contribution in [2.45, 2.75) is 287 Å². The zero-order valence-electron chi connectivity index (χ0n) is 46.3. The molecule has 0 N–H and O–H groups in total. The van der Waals surface area contributed by atoms with Gasteiger partial charge in [0.05, 0.1) is 0 Å².